The van der Waals surface area contributed by atoms with Crippen molar-refractivity contribution in [1.29, 1.82) is 0 Å². The predicted octanol–water partition coefficient (Wildman–Crippen LogP) is 2.77. The van der Waals surface area contributed by atoms with Crippen molar-refractivity contribution in [2.75, 3.05) is 33.9 Å². The minimum atomic E-state index is -0.502. The molecule has 1 aromatic rings. The zero-order chi connectivity index (χ0) is 21.4. The molecular weight excluding hydrogens is 372 g/mol. The molecule has 1 aromatic carbocycles. The number of alkyl carbamates (subject to hydrolysis) is 1. The van der Waals surface area contributed by atoms with Crippen LogP contribution in [0, 0.1) is 0 Å². The van der Waals surface area contributed by atoms with Crippen LogP contribution in [0.5, 0.6) is 11.5 Å². The van der Waals surface area contributed by atoms with Crippen LogP contribution in [0.3, 0.4) is 0 Å². The van der Waals surface area contributed by atoms with E-state index in [-0.39, 0.29) is 12.1 Å². The smallest absolute Gasteiger partial charge is 0.407 e. The summed E-state index contributed by atoms with van der Waals surface area (Å²) >= 11 is 0. The number of aliphatic imine (C=N–C) groups is 1. The van der Waals surface area contributed by atoms with Crippen LogP contribution in [0.1, 0.15) is 39.7 Å². The molecule has 8 nitrogen and oxygen atoms in total. The first-order chi connectivity index (χ1) is 13.8. The molecule has 1 aliphatic heterocycles. The van der Waals surface area contributed by atoms with Gasteiger partial charge in [-0.1, -0.05) is 6.07 Å². The van der Waals surface area contributed by atoms with E-state index in [1.54, 1.807) is 14.2 Å². The van der Waals surface area contributed by atoms with E-state index in [2.05, 4.69) is 15.5 Å². The predicted molar refractivity (Wildman–Crippen MR) is 114 cm³/mol. The summed E-state index contributed by atoms with van der Waals surface area (Å²) in [5, 5.41) is 6.28. The number of rotatable bonds is 6. The van der Waals surface area contributed by atoms with Crippen LogP contribution in [0.4, 0.5) is 4.79 Å². The summed E-state index contributed by atoms with van der Waals surface area (Å²) in [5.74, 6) is 2.21. The van der Waals surface area contributed by atoms with Gasteiger partial charge in [-0.25, -0.2) is 9.79 Å². The molecule has 8 heteroatoms. The first-order valence-electron chi connectivity index (χ1n) is 9.99. The summed E-state index contributed by atoms with van der Waals surface area (Å²) in [6.45, 7) is 10.4. The van der Waals surface area contributed by atoms with E-state index in [1.807, 2.05) is 45.9 Å². The molecule has 1 heterocycles. The van der Waals surface area contributed by atoms with Crippen molar-refractivity contribution >= 4 is 12.1 Å². The standard InChI is InChI=1S/C21H34N4O4/c1-7-22-19(23-13-15-8-9-17(27-5)18(12-15)28-6)25-11-10-16(14-25)24-20(26)29-21(2,3)4/h8-9,12,16H,7,10-11,13-14H2,1-6H3,(H,22,23)(H,24,26). The Bertz CT molecular complexity index is 715. The highest BCUT2D eigenvalue weighted by atomic mass is 16.6. The molecule has 0 saturated carbocycles. The lowest BCUT2D eigenvalue weighted by Crippen LogP contribution is -2.44. The van der Waals surface area contributed by atoms with Crippen molar-refractivity contribution < 1.29 is 19.0 Å². The molecule has 2 rings (SSSR count). The Balaban J connectivity index is 2.00. The lowest BCUT2D eigenvalue weighted by Gasteiger charge is -2.23. The van der Waals surface area contributed by atoms with Gasteiger partial charge in [0.2, 0.25) is 0 Å². The molecule has 0 radical (unpaired) electrons. The number of carbonyl (C=O) groups is 1. The minimum absolute atomic E-state index is 0.0368. The molecule has 0 bridgehead atoms. The van der Waals surface area contributed by atoms with Gasteiger partial charge >= 0.3 is 6.09 Å². The molecule has 162 valence electrons. The second-order valence-corrected chi connectivity index (χ2v) is 7.94. The number of nitrogens with one attached hydrogen (secondary N) is 2. The van der Waals surface area contributed by atoms with Crippen LogP contribution in [0.2, 0.25) is 0 Å². The molecule has 0 aromatic heterocycles. The quantitative estimate of drug-likeness (QED) is 0.558. The topological polar surface area (TPSA) is 84.4 Å². The first kappa shape index (κ1) is 22.6. The number of guanidine groups is 1. The van der Waals surface area contributed by atoms with Gasteiger partial charge < -0.3 is 29.7 Å². The molecule has 1 unspecified atom stereocenters. The maximum absolute atomic E-state index is 12.0. The highest BCUT2D eigenvalue weighted by Crippen LogP contribution is 2.27. The largest absolute Gasteiger partial charge is 0.493 e. The zero-order valence-corrected chi connectivity index (χ0v) is 18.4. The molecule has 2 N–H and O–H groups in total. The van der Waals surface area contributed by atoms with Crippen molar-refractivity contribution in [2.45, 2.75) is 52.3 Å². The fourth-order valence-corrected chi connectivity index (χ4v) is 3.12. The van der Waals surface area contributed by atoms with E-state index >= 15 is 0 Å². The van der Waals surface area contributed by atoms with E-state index in [4.69, 9.17) is 19.2 Å². The van der Waals surface area contributed by atoms with E-state index in [9.17, 15) is 4.79 Å². The van der Waals surface area contributed by atoms with Crippen LogP contribution < -0.4 is 20.1 Å². The van der Waals surface area contributed by atoms with Crippen molar-refractivity contribution in [1.82, 2.24) is 15.5 Å². The third kappa shape index (κ3) is 7.03. The van der Waals surface area contributed by atoms with Crippen LogP contribution >= 0.6 is 0 Å². The number of carbonyl (C=O) groups excluding carboxylic acids is 1. The molecule has 0 spiro atoms. The Morgan fingerprint density at radius 2 is 1.97 bits per heavy atom. The number of ether oxygens (including phenoxy) is 3. The van der Waals surface area contributed by atoms with E-state index in [1.165, 1.54) is 0 Å². The van der Waals surface area contributed by atoms with E-state index < -0.39 is 5.60 Å². The third-order valence-corrected chi connectivity index (χ3v) is 4.40. The Kier molecular flexibility index (Phi) is 7.99. The maximum Gasteiger partial charge on any atom is 0.407 e. The molecule has 1 fully saturated rings. The summed E-state index contributed by atoms with van der Waals surface area (Å²) in [6, 6.07) is 5.83. The van der Waals surface area contributed by atoms with Crippen molar-refractivity contribution in [3.8, 4) is 11.5 Å². The van der Waals surface area contributed by atoms with Crippen LogP contribution in [0.15, 0.2) is 23.2 Å². The van der Waals surface area contributed by atoms with Gasteiger partial charge in [0.05, 0.1) is 26.8 Å². The van der Waals surface area contributed by atoms with Crippen LogP contribution in [-0.4, -0.2) is 62.4 Å². The number of benzene rings is 1. The Morgan fingerprint density at radius 3 is 2.59 bits per heavy atom. The molecule has 1 saturated heterocycles. The molecular formula is C21H34N4O4. The van der Waals surface area contributed by atoms with Gasteiger partial charge in [0.15, 0.2) is 17.5 Å². The average Bonchev–Trinajstić information content (AvgIpc) is 3.11. The summed E-state index contributed by atoms with van der Waals surface area (Å²) in [7, 11) is 3.24. The molecule has 0 aliphatic carbocycles. The van der Waals surface area contributed by atoms with Crippen molar-refractivity contribution in [2.24, 2.45) is 4.99 Å². The zero-order valence-electron chi connectivity index (χ0n) is 18.4. The number of amides is 1. The van der Waals surface area contributed by atoms with E-state index in [0.29, 0.717) is 24.6 Å². The summed E-state index contributed by atoms with van der Waals surface area (Å²) in [4.78, 5) is 18.9. The van der Waals surface area contributed by atoms with Crippen LogP contribution in [0.25, 0.3) is 0 Å². The van der Waals surface area contributed by atoms with Crippen LogP contribution in [-0.2, 0) is 11.3 Å². The molecule has 1 atom stereocenters. The molecule has 1 amide bonds. The third-order valence-electron chi connectivity index (χ3n) is 4.40. The monoisotopic (exact) mass is 406 g/mol. The van der Waals surface area contributed by atoms with Gasteiger partial charge in [-0.15, -0.1) is 0 Å². The SMILES string of the molecule is CCNC(=NCc1ccc(OC)c(OC)c1)N1CCC(NC(=O)OC(C)(C)C)C1. The van der Waals surface area contributed by atoms with E-state index in [0.717, 1.165) is 31.0 Å². The number of methoxy groups -OCH3 is 2. The highest BCUT2D eigenvalue weighted by molar-refractivity contribution is 5.80. The summed E-state index contributed by atoms with van der Waals surface area (Å²) in [5.41, 5.74) is 0.527. The first-order valence-corrected chi connectivity index (χ1v) is 9.99. The average molecular weight is 407 g/mol. The van der Waals surface area contributed by atoms with Gasteiger partial charge in [-0.2, -0.15) is 0 Å². The Hall–Kier alpha value is -2.64. The highest BCUT2D eigenvalue weighted by Gasteiger charge is 2.27. The summed E-state index contributed by atoms with van der Waals surface area (Å²) < 4.78 is 16.0. The fourth-order valence-electron chi connectivity index (χ4n) is 3.12. The van der Waals surface area contributed by atoms with Crippen molar-refractivity contribution in [3.63, 3.8) is 0 Å². The lowest BCUT2D eigenvalue weighted by molar-refractivity contribution is 0.0507. The normalized spacial score (nSPS) is 17.1. The van der Waals surface area contributed by atoms with Gasteiger partial charge in [-0.3, -0.25) is 0 Å². The van der Waals surface area contributed by atoms with Gasteiger partial charge in [-0.05, 0) is 51.8 Å². The van der Waals surface area contributed by atoms with Gasteiger partial charge in [0.1, 0.15) is 5.60 Å². The number of hydrogen-bond donors (Lipinski definition) is 2. The fraction of sp³-hybridized carbons (Fsp3) is 0.619. The number of likely N-dealkylation sites (tertiary alicyclic amines) is 1. The number of nitrogens with zero attached hydrogens (tertiary/aromatic N) is 2. The molecule has 29 heavy (non-hydrogen) atoms. The van der Waals surface area contributed by atoms with Gasteiger partial charge in [0, 0.05) is 19.6 Å². The Labute approximate surface area is 173 Å². The maximum atomic E-state index is 12.0. The molecule has 1 aliphatic rings. The van der Waals surface area contributed by atoms with Gasteiger partial charge in [0.25, 0.3) is 0 Å². The lowest BCUT2D eigenvalue weighted by atomic mass is 10.2. The second kappa shape index (κ2) is 10.2. The summed E-state index contributed by atoms with van der Waals surface area (Å²) in [6.07, 6.45) is 0.469. The minimum Gasteiger partial charge on any atom is -0.493 e. The second-order valence-electron chi connectivity index (χ2n) is 7.94. The Morgan fingerprint density at radius 1 is 1.24 bits per heavy atom. The number of hydrogen-bond acceptors (Lipinski definition) is 5. The van der Waals surface area contributed by atoms with Crippen molar-refractivity contribution in [3.05, 3.63) is 23.8 Å².